The van der Waals surface area contributed by atoms with E-state index < -0.39 is 0 Å². The predicted molar refractivity (Wildman–Crippen MR) is 62.1 cm³/mol. The number of alkyl halides is 1. The molecule has 0 aliphatic heterocycles. The van der Waals surface area contributed by atoms with Gasteiger partial charge in [0.2, 0.25) is 0 Å². The van der Waals surface area contributed by atoms with E-state index in [4.69, 9.17) is 30.5 Å². The van der Waals surface area contributed by atoms with Crippen molar-refractivity contribution in [3.05, 3.63) is 0 Å². The molecule has 0 bridgehead atoms. The Kier molecular flexibility index (Phi) is 7.32. The maximum absolute atomic E-state index is 5.96. The fourth-order valence-electron chi connectivity index (χ4n) is 1.66. The summed E-state index contributed by atoms with van der Waals surface area (Å²) in [4.78, 5) is 0. The summed E-state index contributed by atoms with van der Waals surface area (Å²) in [7, 11) is 3.35. The molecule has 0 aromatic carbocycles. The predicted octanol–water partition coefficient (Wildman–Crippen LogP) is 1.45. The normalized spacial score (nSPS) is 29.1. The monoisotopic (exact) mass is 252 g/mol. The van der Waals surface area contributed by atoms with Gasteiger partial charge in [0, 0.05) is 27.4 Å². The third-order valence-electron chi connectivity index (χ3n) is 2.65. The average Bonchev–Trinajstić information content (AvgIpc) is 2.26. The molecule has 1 saturated carbocycles. The first-order chi connectivity index (χ1) is 7.79. The van der Waals surface area contributed by atoms with E-state index in [2.05, 4.69) is 0 Å². The highest BCUT2D eigenvalue weighted by atomic mass is 35.5. The summed E-state index contributed by atoms with van der Waals surface area (Å²) in [6.07, 6.45) is 1.96. The van der Waals surface area contributed by atoms with Crippen molar-refractivity contribution < 1.29 is 18.9 Å². The molecule has 1 fully saturated rings. The number of rotatable bonds is 9. The van der Waals surface area contributed by atoms with Crippen molar-refractivity contribution >= 4 is 11.6 Å². The summed E-state index contributed by atoms with van der Waals surface area (Å²) in [6, 6.07) is 0. The zero-order chi connectivity index (χ0) is 11.8. The van der Waals surface area contributed by atoms with Crippen molar-refractivity contribution in [2.24, 2.45) is 0 Å². The van der Waals surface area contributed by atoms with Crippen molar-refractivity contribution in [1.82, 2.24) is 0 Å². The van der Waals surface area contributed by atoms with Gasteiger partial charge in [-0.3, -0.25) is 0 Å². The molecule has 0 aromatic heterocycles. The summed E-state index contributed by atoms with van der Waals surface area (Å²) in [5.41, 5.74) is 0. The summed E-state index contributed by atoms with van der Waals surface area (Å²) >= 11 is 5.96. The van der Waals surface area contributed by atoms with E-state index in [-0.39, 0.29) is 17.6 Å². The highest BCUT2D eigenvalue weighted by molar-refractivity contribution is 6.21. The Morgan fingerprint density at radius 3 is 2.56 bits per heavy atom. The molecule has 0 aromatic rings. The summed E-state index contributed by atoms with van der Waals surface area (Å²) in [6.45, 7) is 2.67. The maximum atomic E-state index is 5.96. The Morgan fingerprint density at radius 1 is 1.12 bits per heavy atom. The van der Waals surface area contributed by atoms with Crippen LogP contribution in [0.15, 0.2) is 0 Å². The third-order valence-corrected chi connectivity index (χ3v) is 3.08. The smallest absolute Gasteiger partial charge is 0.0997 e. The zero-order valence-corrected chi connectivity index (χ0v) is 10.7. The number of halogens is 1. The van der Waals surface area contributed by atoms with Crippen LogP contribution in [-0.2, 0) is 18.9 Å². The maximum Gasteiger partial charge on any atom is 0.0997 e. The first kappa shape index (κ1) is 14.2. The van der Waals surface area contributed by atoms with Crippen molar-refractivity contribution in [2.75, 3.05) is 40.6 Å². The van der Waals surface area contributed by atoms with Gasteiger partial charge < -0.3 is 18.9 Å². The Bertz CT molecular complexity index is 179. The second kappa shape index (κ2) is 8.25. The molecule has 3 atom stereocenters. The SMILES string of the molecule is COCCCOCCOC1CC(Cl)C1OC. The molecule has 16 heavy (non-hydrogen) atoms. The van der Waals surface area contributed by atoms with Crippen LogP contribution in [0.1, 0.15) is 12.8 Å². The molecule has 0 N–H and O–H groups in total. The lowest BCUT2D eigenvalue weighted by molar-refractivity contribution is -0.118. The topological polar surface area (TPSA) is 36.9 Å². The van der Waals surface area contributed by atoms with Gasteiger partial charge in [-0.1, -0.05) is 0 Å². The van der Waals surface area contributed by atoms with Crippen molar-refractivity contribution in [1.29, 1.82) is 0 Å². The van der Waals surface area contributed by atoms with Gasteiger partial charge in [-0.25, -0.2) is 0 Å². The molecule has 96 valence electrons. The lowest BCUT2D eigenvalue weighted by Crippen LogP contribution is -2.50. The van der Waals surface area contributed by atoms with Crippen LogP contribution in [0.4, 0.5) is 0 Å². The van der Waals surface area contributed by atoms with Gasteiger partial charge in [-0.05, 0) is 12.8 Å². The largest absolute Gasteiger partial charge is 0.385 e. The van der Waals surface area contributed by atoms with Crippen molar-refractivity contribution in [3.63, 3.8) is 0 Å². The molecule has 1 rings (SSSR count). The second-order valence-corrected chi connectivity index (χ2v) is 4.38. The van der Waals surface area contributed by atoms with Crippen LogP contribution in [0.3, 0.4) is 0 Å². The Balaban J connectivity index is 1.88. The van der Waals surface area contributed by atoms with Crippen LogP contribution < -0.4 is 0 Å². The van der Waals surface area contributed by atoms with E-state index in [1.54, 1.807) is 14.2 Å². The van der Waals surface area contributed by atoms with Gasteiger partial charge in [0.25, 0.3) is 0 Å². The van der Waals surface area contributed by atoms with Gasteiger partial charge >= 0.3 is 0 Å². The molecular formula is C11H21ClO4. The minimum Gasteiger partial charge on any atom is -0.385 e. The van der Waals surface area contributed by atoms with Gasteiger partial charge in [-0.2, -0.15) is 0 Å². The molecule has 1 aliphatic rings. The van der Waals surface area contributed by atoms with Crippen LogP contribution in [0.25, 0.3) is 0 Å². The van der Waals surface area contributed by atoms with E-state index >= 15 is 0 Å². The first-order valence-electron chi connectivity index (χ1n) is 5.64. The summed E-state index contributed by atoms with van der Waals surface area (Å²) in [5.74, 6) is 0. The molecular weight excluding hydrogens is 232 g/mol. The van der Waals surface area contributed by atoms with Crippen LogP contribution in [0.2, 0.25) is 0 Å². The van der Waals surface area contributed by atoms with Gasteiger partial charge in [0.05, 0.1) is 30.8 Å². The molecule has 5 heteroatoms. The summed E-state index contributed by atoms with van der Waals surface area (Å²) < 4.78 is 21.1. The van der Waals surface area contributed by atoms with Crippen LogP contribution in [0, 0.1) is 0 Å². The van der Waals surface area contributed by atoms with Gasteiger partial charge in [-0.15, -0.1) is 11.6 Å². The molecule has 0 amide bonds. The fraction of sp³-hybridized carbons (Fsp3) is 1.00. The van der Waals surface area contributed by atoms with E-state index in [1.165, 1.54) is 0 Å². The number of hydrogen-bond acceptors (Lipinski definition) is 4. The Morgan fingerprint density at radius 2 is 1.94 bits per heavy atom. The fourth-order valence-corrected chi connectivity index (χ4v) is 2.10. The van der Waals surface area contributed by atoms with Gasteiger partial charge in [0.15, 0.2) is 0 Å². The molecule has 0 radical (unpaired) electrons. The molecule has 4 nitrogen and oxygen atoms in total. The standard InChI is InChI=1S/C11H21ClO4/c1-13-4-3-5-15-6-7-16-10-8-9(12)11(10)14-2/h9-11H,3-8H2,1-2H3. The molecule has 0 saturated heterocycles. The lowest BCUT2D eigenvalue weighted by atomic mass is 9.91. The molecule has 0 heterocycles. The van der Waals surface area contributed by atoms with Gasteiger partial charge in [0.1, 0.15) is 0 Å². The highest BCUT2D eigenvalue weighted by Gasteiger charge is 2.40. The van der Waals surface area contributed by atoms with Crippen LogP contribution in [-0.4, -0.2) is 58.2 Å². The minimum atomic E-state index is 0.0372. The third kappa shape index (κ3) is 4.55. The van der Waals surface area contributed by atoms with Crippen molar-refractivity contribution in [2.45, 2.75) is 30.4 Å². The number of hydrogen-bond donors (Lipinski definition) is 0. The second-order valence-electron chi connectivity index (χ2n) is 3.82. The minimum absolute atomic E-state index is 0.0372. The molecule has 3 unspecified atom stereocenters. The average molecular weight is 253 g/mol. The van der Waals surface area contributed by atoms with E-state index in [9.17, 15) is 0 Å². The van der Waals surface area contributed by atoms with Crippen LogP contribution >= 0.6 is 11.6 Å². The van der Waals surface area contributed by atoms with E-state index in [0.717, 1.165) is 19.4 Å². The Labute approximate surface area is 102 Å². The number of ether oxygens (including phenoxy) is 4. The first-order valence-corrected chi connectivity index (χ1v) is 6.08. The van der Waals surface area contributed by atoms with Crippen molar-refractivity contribution in [3.8, 4) is 0 Å². The van der Waals surface area contributed by atoms with E-state index in [0.29, 0.717) is 19.8 Å². The zero-order valence-electron chi connectivity index (χ0n) is 9.99. The highest BCUT2D eigenvalue weighted by Crippen LogP contribution is 2.31. The number of methoxy groups -OCH3 is 2. The molecule has 1 aliphatic carbocycles. The Hall–Kier alpha value is 0.130. The summed E-state index contributed by atoms with van der Waals surface area (Å²) in [5, 5.41) is 0.0950. The quantitative estimate of drug-likeness (QED) is 0.460. The molecule has 0 spiro atoms. The lowest BCUT2D eigenvalue weighted by Gasteiger charge is -2.39. The van der Waals surface area contributed by atoms with Crippen LogP contribution in [0.5, 0.6) is 0 Å². The van der Waals surface area contributed by atoms with E-state index in [1.807, 2.05) is 0 Å².